The van der Waals surface area contributed by atoms with Crippen molar-refractivity contribution in [1.29, 1.82) is 0 Å². The van der Waals surface area contributed by atoms with Crippen molar-refractivity contribution in [3.8, 4) is 0 Å². The second-order valence-electron chi connectivity index (χ2n) is 14.5. The van der Waals surface area contributed by atoms with Gasteiger partial charge in [0.2, 0.25) is 17.1 Å². The molecule has 0 bridgehead atoms. The van der Waals surface area contributed by atoms with Crippen LogP contribution in [0.3, 0.4) is 0 Å². The Labute approximate surface area is 447 Å². The molecule has 7 nitrogen and oxygen atoms in total. The Morgan fingerprint density at radius 2 is 1.03 bits per heavy atom. The van der Waals surface area contributed by atoms with Gasteiger partial charge in [-0.2, -0.15) is 0 Å². The Hall–Kier alpha value is -2.61. The number of carbonyl (C=O) groups is 3. The molecule has 2 aliphatic heterocycles. The van der Waals surface area contributed by atoms with E-state index in [0.29, 0.717) is 11.8 Å². The van der Waals surface area contributed by atoms with Gasteiger partial charge in [0, 0.05) is 47.2 Å². The van der Waals surface area contributed by atoms with Crippen molar-refractivity contribution in [3.63, 3.8) is 0 Å². The smallest absolute Gasteiger partial charge is 1.00 e. The summed E-state index contributed by atoms with van der Waals surface area (Å²) < 4.78 is 0. The maximum atomic E-state index is 11.3. The van der Waals surface area contributed by atoms with E-state index in [0.717, 1.165) is 34.8 Å². The number of fused-ring (bicyclic) bond motifs is 2. The summed E-state index contributed by atoms with van der Waals surface area (Å²) in [7, 11) is 14.8. The predicted octanol–water partition coefficient (Wildman–Crippen LogP) is 12.4. The zero-order valence-electron chi connectivity index (χ0n) is 43.6. The van der Waals surface area contributed by atoms with E-state index in [-0.39, 0.29) is 54.9 Å². The van der Waals surface area contributed by atoms with E-state index in [2.05, 4.69) is 74.0 Å². The fraction of sp³-hybridized carbons (Fsp3) is 0.404. The molecule has 0 saturated carbocycles. The zero-order valence-corrected chi connectivity index (χ0v) is 46.7. The maximum absolute atomic E-state index is 11.3. The molecule has 4 aromatic rings. The van der Waals surface area contributed by atoms with Crippen LogP contribution in [0.4, 0.5) is 22.7 Å². The largest absolute Gasteiger partial charge is 1.00 e. The van der Waals surface area contributed by atoms with Crippen LogP contribution in [-0.2, 0) is 25.2 Å². The van der Waals surface area contributed by atoms with Crippen molar-refractivity contribution in [1.82, 2.24) is 0 Å². The molecule has 0 unspecified atom stereocenters. The van der Waals surface area contributed by atoms with Crippen LogP contribution in [0, 0.1) is 0 Å². The molecule has 0 radical (unpaired) electrons. The van der Waals surface area contributed by atoms with Crippen molar-refractivity contribution >= 4 is 110 Å². The number of hydrogen-bond donors (Lipinski definition) is 4. The quantitative estimate of drug-likeness (QED) is 0.0707. The molecule has 4 aromatic carbocycles. The molecule has 2 amide bonds. The monoisotopic (exact) mass is 1010 g/mol. The molecule has 0 saturated heterocycles. The standard InChI is InChI=1S/2C11H13NO.C11H15N.C6H7N.C5H7ClO.4C2H6.2Al.3ClH.Li.4H/c1-11(2)7-10(13)12-9-6-4-3-5-8(9)11;1-9(2)8-11(13)12-10-6-4-3-5-7-10;1-11(2)7-8-12-10-6-4-3-5-9(10)11;7-6-4-2-1-3-5-6;1-4(2)3-5(6)7;4*1-2;;;;;;;;;;/h3-6H,7H2,1-2H3,(H,12,13);3-8H,1-2H3,(H,12,13);3-6,12H,7-8H2,1-2H3;1-5H,7H2;3H,1-2H3;4*1-2H3;;;3*1H;;;;;/q;;;;;;;;;;+3;;;;+1;;;;-1/p-3. The Morgan fingerprint density at radius 3 is 1.39 bits per heavy atom. The van der Waals surface area contributed by atoms with Gasteiger partial charge in [0.25, 0.3) is 0 Å². The van der Waals surface area contributed by atoms with Gasteiger partial charge < -0.3 is 23.1 Å². The summed E-state index contributed by atoms with van der Waals surface area (Å²) in [5.41, 5.74) is 14.2. The molecule has 0 atom stereocenters. The summed E-state index contributed by atoms with van der Waals surface area (Å²) >= 11 is 3.24. The first-order chi connectivity index (χ1) is 30.2. The van der Waals surface area contributed by atoms with E-state index in [1.54, 1.807) is 6.08 Å². The van der Waals surface area contributed by atoms with Crippen molar-refractivity contribution in [3.05, 3.63) is 144 Å². The molecule has 0 aromatic heterocycles. The number of nitrogens with two attached hydrogens (primary N) is 1. The van der Waals surface area contributed by atoms with Crippen LogP contribution >= 0.6 is 41.7 Å². The van der Waals surface area contributed by atoms with E-state index in [1.807, 2.05) is 162 Å². The second kappa shape index (κ2) is 46.1. The number of anilines is 4. The van der Waals surface area contributed by atoms with Gasteiger partial charge in [-0.15, -0.1) is 0 Å². The van der Waals surface area contributed by atoms with Crippen molar-refractivity contribution < 1.29 is 34.7 Å². The van der Waals surface area contributed by atoms with E-state index in [9.17, 15) is 14.4 Å². The average molecular weight is 1010 g/mol. The van der Waals surface area contributed by atoms with Crippen LogP contribution in [-0.4, -0.2) is 52.3 Å². The fourth-order valence-corrected chi connectivity index (χ4v) is 5.61. The number of nitrogen functional groups attached to an aromatic ring is 1. The first-order valence-corrected chi connectivity index (χ1v) is 27.7. The van der Waals surface area contributed by atoms with Crippen molar-refractivity contribution in [2.45, 2.75) is 134 Å². The topological polar surface area (TPSA) is 113 Å². The molecular weight excluding hydrogens is 931 g/mol. The minimum Gasteiger partial charge on any atom is -1.00 e. The molecule has 0 aliphatic carbocycles. The summed E-state index contributed by atoms with van der Waals surface area (Å²) in [4.78, 5) is 32.5. The van der Waals surface area contributed by atoms with Gasteiger partial charge >= 0.3 is 30.2 Å². The molecular formula is C52H83Al2Cl4LiN4O3. The van der Waals surface area contributed by atoms with Crippen molar-refractivity contribution in [2.24, 2.45) is 0 Å². The SMILES string of the molecule is CC.CC.CC.CC.CC(C)=CC(=O)Cl.CC(C)=CC(=O)Nc1ccccc1.CC1(C)CC(=O)Nc2ccccc21.CC1(C)CCNc2ccccc21.Nc1ccccc1.[AlH3].[Cl][Al]([Cl])[Cl].[H-].[Li+]. The fourth-order valence-electron chi connectivity index (χ4n) is 5.39. The summed E-state index contributed by atoms with van der Waals surface area (Å²) in [6, 6.07) is 35.5. The summed E-state index contributed by atoms with van der Waals surface area (Å²) in [5.74, 6) is 0.0369. The summed E-state index contributed by atoms with van der Waals surface area (Å²) in [6.07, 6.45) is 4.75. The summed E-state index contributed by atoms with van der Waals surface area (Å²) in [6.45, 7) is 33.4. The average Bonchev–Trinajstić information content (AvgIpc) is 3.24. The van der Waals surface area contributed by atoms with Gasteiger partial charge in [-0.25, -0.2) is 30.1 Å². The molecule has 2 heterocycles. The molecule has 5 N–H and O–H groups in total. The Balaban J connectivity index is -0.000000127. The molecule has 364 valence electrons. The molecule has 6 rings (SSSR count). The van der Waals surface area contributed by atoms with Gasteiger partial charge in [0.15, 0.2) is 17.4 Å². The van der Waals surface area contributed by atoms with Crippen LogP contribution < -0.4 is 40.5 Å². The zero-order chi connectivity index (χ0) is 50.3. The molecule has 0 spiro atoms. The predicted molar refractivity (Wildman–Crippen MR) is 301 cm³/mol. The first kappa shape index (κ1) is 74.9. The molecule has 66 heavy (non-hydrogen) atoms. The van der Waals surface area contributed by atoms with E-state index in [1.165, 1.54) is 29.3 Å². The number of benzene rings is 4. The number of halogens is 4. The van der Waals surface area contributed by atoms with E-state index < -0.39 is 16.6 Å². The maximum Gasteiger partial charge on any atom is 1.00 e. The molecule has 0 fully saturated rings. The third-order valence-corrected chi connectivity index (χ3v) is 8.03. The van der Waals surface area contributed by atoms with Crippen LogP contribution in [0.2, 0.25) is 0 Å². The first-order valence-electron chi connectivity index (χ1n) is 22.0. The number of allylic oxidation sites excluding steroid dienone is 3. The van der Waals surface area contributed by atoms with Crippen LogP contribution in [0.15, 0.2) is 132 Å². The van der Waals surface area contributed by atoms with E-state index in [4.69, 9.17) is 47.5 Å². The van der Waals surface area contributed by atoms with Gasteiger partial charge in [-0.05, 0) is 105 Å². The summed E-state index contributed by atoms with van der Waals surface area (Å²) in [5, 5.41) is 8.65. The molecule has 2 aliphatic rings. The van der Waals surface area contributed by atoms with Gasteiger partial charge in [0.05, 0.1) is 0 Å². The Kier molecular flexibility index (Phi) is 52.4. The van der Waals surface area contributed by atoms with Crippen molar-refractivity contribution in [2.75, 3.05) is 28.2 Å². The minimum atomic E-state index is -1.72. The number of nitrogens with one attached hydrogen (secondary N) is 3. The van der Waals surface area contributed by atoms with Gasteiger partial charge in [0.1, 0.15) is 0 Å². The van der Waals surface area contributed by atoms with Gasteiger partial charge in [-0.1, -0.05) is 167 Å². The number of carbonyl (C=O) groups excluding carboxylic acids is 3. The number of para-hydroxylation sites is 4. The second-order valence-corrected chi connectivity index (χ2v) is 21.3. The normalized spacial score (nSPS) is 11.6. The third-order valence-electron chi connectivity index (χ3n) is 7.92. The van der Waals surface area contributed by atoms with Gasteiger partial charge in [-0.3, -0.25) is 14.4 Å². The van der Waals surface area contributed by atoms with E-state index >= 15 is 0 Å². The molecule has 14 heteroatoms. The number of rotatable bonds is 3. The van der Waals surface area contributed by atoms with Crippen LogP contribution in [0.5, 0.6) is 0 Å². The van der Waals surface area contributed by atoms with Crippen LogP contribution in [0.1, 0.15) is 136 Å². The third kappa shape index (κ3) is 39.4. The number of amides is 2. The van der Waals surface area contributed by atoms with Crippen LogP contribution in [0.25, 0.3) is 0 Å². The Bertz CT molecular complexity index is 1880. The number of hydrogen-bond acceptors (Lipinski definition) is 5. The Morgan fingerprint density at radius 1 is 0.652 bits per heavy atom. The minimum absolute atomic E-state index is 0.